The van der Waals surface area contributed by atoms with Crippen LogP contribution >= 0.6 is 0 Å². The highest BCUT2D eigenvalue weighted by atomic mass is 16.5. The molecule has 0 saturated carbocycles. The van der Waals surface area contributed by atoms with Gasteiger partial charge in [0.15, 0.2) is 0 Å². The second kappa shape index (κ2) is 6.66. The highest BCUT2D eigenvalue weighted by molar-refractivity contribution is 5.39. The highest BCUT2D eigenvalue weighted by Crippen LogP contribution is 2.36. The first-order valence-corrected chi connectivity index (χ1v) is 9.41. The maximum atomic E-state index is 6.28. The number of ether oxygens (including phenoxy) is 2. The summed E-state index contributed by atoms with van der Waals surface area (Å²) in [6.07, 6.45) is 5.78. The molecule has 2 saturated heterocycles. The van der Waals surface area contributed by atoms with E-state index in [2.05, 4.69) is 42.1 Å². The summed E-state index contributed by atoms with van der Waals surface area (Å²) in [6.45, 7) is 5.12. The lowest BCUT2D eigenvalue weighted by Gasteiger charge is -2.47. The molecule has 3 heterocycles. The van der Waals surface area contributed by atoms with Crippen LogP contribution in [0.2, 0.25) is 0 Å². The van der Waals surface area contributed by atoms with Crippen LogP contribution in [0.1, 0.15) is 36.8 Å². The normalized spacial score (nSPS) is 26.5. The fourth-order valence-corrected chi connectivity index (χ4v) is 4.51. The van der Waals surface area contributed by atoms with Gasteiger partial charge in [0.05, 0.1) is 12.2 Å². The molecule has 1 aromatic carbocycles. The lowest BCUT2D eigenvalue weighted by molar-refractivity contribution is -0.130. The Kier molecular flexibility index (Phi) is 4.54. The van der Waals surface area contributed by atoms with Gasteiger partial charge in [0, 0.05) is 38.7 Å². The summed E-state index contributed by atoms with van der Waals surface area (Å²) in [6, 6.07) is 7.40. The van der Waals surface area contributed by atoms with Crippen LogP contribution in [0.5, 0.6) is 5.75 Å². The van der Waals surface area contributed by atoms with Crippen LogP contribution in [-0.2, 0) is 17.7 Å². The minimum absolute atomic E-state index is 0.134. The Balaban J connectivity index is 1.34. The smallest absolute Gasteiger partial charge is 0.122 e. The van der Waals surface area contributed by atoms with Crippen molar-refractivity contribution in [2.45, 2.75) is 50.3 Å². The van der Waals surface area contributed by atoms with Crippen molar-refractivity contribution < 1.29 is 9.47 Å². The largest absolute Gasteiger partial charge is 0.493 e. The molecule has 4 rings (SSSR count). The molecule has 0 aliphatic carbocycles. The fourth-order valence-electron chi connectivity index (χ4n) is 4.51. The van der Waals surface area contributed by atoms with Crippen LogP contribution in [0, 0.1) is 0 Å². The molecule has 0 aromatic heterocycles. The van der Waals surface area contributed by atoms with Gasteiger partial charge in [-0.15, -0.1) is 0 Å². The fraction of sp³-hybridized carbons (Fsp3) is 0.700. The average molecular weight is 330 g/mol. The summed E-state index contributed by atoms with van der Waals surface area (Å²) in [5, 5.41) is 0. The van der Waals surface area contributed by atoms with Gasteiger partial charge in [0.2, 0.25) is 0 Å². The molecule has 1 spiro atoms. The van der Waals surface area contributed by atoms with Gasteiger partial charge in [-0.05, 0) is 57.0 Å². The summed E-state index contributed by atoms with van der Waals surface area (Å²) in [5.74, 6) is 1.08. The average Bonchev–Trinajstić information content (AvgIpc) is 3.05. The Morgan fingerprint density at radius 2 is 2.04 bits per heavy atom. The number of likely N-dealkylation sites (tertiary alicyclic amines) is 1. The molecular weight excluding hydrogens is 300 g/mol. The lowest BCUT2D eigenvalue weighted by Crippen LogP contribution is -2.52. The minimum Gasteiger partial charge on any atom is -0.493 e. The van der Waals surface area contributed by atoms with Gasteiger partial charge in [-0.3, -0.25) is 4.90 Å². The number of hydrogen-bond acceptors (Lipinski definition) is 4. The maximum Gasteiger partial charge on any atom is 0.122 e. The zero-order valence-electron chi connectivity index (χ0n) is 15.1. The summed E-state index contributed by atoms with van der Waals surface area (Å²) >= 11 is 0. The van der Waals surface area contributed by atoms with Gasteiger partial charge < -0.3 is 14.4 Å². The Morgan fingerprint density at radius 3 is 2.83 bits per heavy atom. The quantitative estimate of drug-likeness (QED) is 0.851. The van der Waals surface area contributed by atoms with E-state index in [4.69, 9.17) is 9.47 Å². The van der Waals surface area contributed by atoms with Crippen LogP contribution in [0.15, 0.2) is 18.2 Å². The number of fused-ring (bicyclic) bond motifs is 1. The van der Waals surface area contributed by atoms with Crippen LogP contribution < -0.4 is 4.74 Å². The first kappa shape index (κ1) is 16.4. The highest BCUT2D eigenvalue weighted by Gasteiger charge is 2.40. The van der Waals surface area contributed by atoms with Crippen LogP contribution in [0.3, 0.4) is 0 Å². The standard InChI is InChI=1S/C20H30N2O2/c1-21(2)18-6-12-24-20(14-18)7-9-22(10-8-20)15-16-3-4-19-17(13-16)5-11-23-19/h3-4,13,18H,5-12,14-15H2,1-2H3/t18-/m0/s1. The third-order valence-corrected chi connectivity index (χ3v) is 6.12. The summed E-state index contributed by atoms with van der Waals surface area (Å²) in [4.78, 5) is 4.97. The van der Waals surface area contributed by atoms with E-state index in [9.17, 15) is 0 Å². The molecule has 3 aliphatic heterocycles. The van der Waals surface area contributed by atoms with Gasteiger partial charge in [0.1, 0.15) is 5.75 Å². The van der Waals surface area contributed by atoms with Crippen LogP contribution in [0.25, 0.3) is 0 Å². The molecule has 132 valence electrons. The molecule has 3 aliphatic rings. The Bertz CT molecular complexity index is 579. The molecule has 0 unspecified atom stereocenters. The van der Waals surface area contributed by atoms with Gasteiger partial charge >= 0.3 is 0 Å². The number of hydrogen-bond donors (Lipinski definition) is 0. The molecule has 1 atom stereocenters. The third kappa shape index (κ3) is 3.32. The first-order valence-electron chi connectivity index (χ1n) is 9.41. The van der Waals surface area contributed by atoms with E-state index in [-0.39, 0.29) is 5.60 Å². The van der Waals surface area contributed by atoms with Gasteiger partial charge in [-0.2, -0.15) is 0 Å². The third-order valence-electron chi connectivity index (χ3n) is 6.12. The van der Waals surface area contributed by atoms with E-state index >= 15 is 0 Å². The second-order valence-electron chi connectivity index (χ2n) is 7.96. The molecule has 4 heteroatoms. The first-order chi connectivity index (χ1) is 11.6. The van der Waals surface area contributed by atoms with E-state index < -0.39 is 0 Å². The van der Waals surface area contributed by atoms with Crippen molar-refractivity contribution in [2.24, 2.45) is 0 Å². The molecular formula is C20H30N2O2. The molecule has 2 fully saturated rings. The number of benzene rings is 1. The van der Waals surface area contributed by atoms with Crippen molar-refractivity contribution >= 4 is 0 Å². The summed E-state index contributed by atoms with van der Waals surface area (Å²) < 4.78 is 11.9. The van der Waals surface area contributed by atoms with Crippen molar-refractivity contribution in [1.29, 1.82) is 0 Å². The Labute approximate surface area is 145 Å². The number of rotatable bonds is 3. The Hall–Kier alpha value is -1.10. The van der Waals surface area contributed by atoms with Crippen LogP contribution in [0.4, 0.5) is 0 Å². The predicted octanol–water partition coefficient (Wildman–Crippen LogP) is 2.70. The van der Waals surface area contributed by atoms with Crippen molar-refractivity contribution in [1.82, 2.24) is 9.80 Å². The van der Waals surface area contributed by atoms with Gasteiger partial charge in [-0.25, -0.2) is 0 Å². The predicted molar refractivity (Wildman–Crippen MR) is 95.5 cm³/mol. The van der Waals surface area contributed by atoms with Crippen molar-refractivity contribution in [2.75, 3.05) is 40.4 Å². The molecule has 0 bridgehead atoms. The zero-order chi connectivity index (χ0) is 16.6. The minimum atomic E-state index is 0.134. The van der Waals surface area contributed by atoms with E-state index in [1.54, 1.807) is 0 Å². The van der Waals surface area contributed by atoms with E-state index in [1.807, 2.05) is 0 Å². The Morgan fingerprint density at radius 1 is 1.21 bits per heavy atom. The number of piperidine rings is 1. The summed E-state index contributed by atoms with van der Waals surface area (Å²) in [7, 11) is 4.41. The van der Waals surface area contributed by atoms with E-state index in [1.165, 1.54) is 36.8 Å². The molecule has 24 heavy (non-hydrogen) atoms. The lowest BCUT2D eigenvalue weighted by atomic mass is 9.82. The van der Waals surface area contributed by atoms with Crippen molar-refractivity contribution in [3.8, 4) is 5.75 Å². The molecule has 1 aromatic rings. The second-order valence-corrected chi connectivity index (χ2v) is 7.96. The SMILES string of the molecule is CN(C)[C@H]1CCOC2(CCN(Cc3ccc4c(c3)CCO4)CC2)C1. The molecule has 4 nitrogen and oxygen atoms in total. The van der Waals surface area contributed by atoms with Crippen LogP contribution in [-0.4, -0.2) is 61.8 Å². The van der Waals surface area contributed by atoms with Crippen molar-refractivity contribution in [3.05, 3.63) is 29.3 Å². The summed E-state index contributed by atoms with van der Waals surface area (Å²) in [5.41, 5.74) is 2.94. The molecule has 0 amide bonds. The number of nitrogens with zero attached hydrogens (tertiary/aromatic N) is 2. The molecule has 0 N–H and O–H groups in total. The zero-order valence-corrected chi connectivity index (χ0v) is 15.1. The van der Waals surface area contributed by atoms with E-state index in [0.717, 1.165) is 45.0 Å². The maximum absolute atomic E-state index is 6.28. The van der Waals surface area contributed by atoms with E-state index in [0.29, 0.717) is 6.04 Å². The van der Waals surface area contributed by atoms with Gasteiger partial charge in [-0.1, -0.05) is 12.1 Å². The monoisotopic (exact) mass is 330 g/mol. The molecule has 0 radical (unpaired) electrons. The van der Waals surface area contributed by atoms with Gasteiger partial charge in [0.25, 0.3) is 0 Å². The van der Waals surface area contributed by atoms with Crippen molar-refractivity contribution in [3.63, 3.8) is 0 Å². The topological polar surface area (TPSA) is 24.9 Å².